The highest BCUT2D eigenvalue weighted by Crippen LogP contribution is 2.32. The zero-order valence-electron chi connectivity index (χ0n) is 15.8. The Morgan fingerprint density at radius 1 is 1.33 bits per heavy atom. The van der Waals surface area contributed by atoms with Gasteiger partial charge in [0.15, 0.2) is 0 Å². The number of nitrogens with two attached hydrogens (primary N) is 1. The van der Waals surface area contributed by atoms with E-state index in [1.165, 1.54) is 4.57 Å². The van der Waals surface area contributed by atoms with Crippen molar-refractivity contribution >= 4 is 38.8 Å². The number of amides is 1. The average molecular weight is 438 g/mol. The van der Waals surface area contributed by atoms with Gasteiger partial charge in [-0.05, 0) is 57.7 Å². The Morgan fingerprint density at radius 2 is 2.04 bits per heavy atom. The second-order valence-corrected chi connectivity index (χ2v) is 8.70. The van der Waals surface area contributed by atoms with Crippen LogP contribution in [-0.2, 0) is 27.3 Å². The summed E-state index contributed by atoms with van der Waals surface area (Å²) >= 11 is 3.55. The fraction of sp³-hybridized carbons (Fsp3) is 0.526. The molecule has 1 aliphatic heterocycles. The summed E-state index contributed by atoms with van der Waals surface area (Å²) in [6, 6.07) is 2.80. The summed E-state index contributed by atoms with van der Waals surface area (Å²) in [5.74, 6) is -1.05. The van der Waals surface area contributed by atoms with E-state index >= 15 is 0 Å². The van der Waals surface area contributed by atoms with Crippen LogP contribution in [0.3, 0.4) is 0 Å². The van der Waals surface area contributed by atoms with Crippen LogP contribution in [0.5, 0.6) is 0 Å². The van der Waals surface area contributed by atoms with E-state index in [4.69, 9.17) is 10.5 Å². The van der Waals surface area contributed by atoms with Crippen LogP contribution in [0.25, 0.3) is 11.0 Å². The van der Waals surface area contributed by atoms with Crippen LogP contribution in [0.15, 0.2) is 21.4 Å². The molecule has 1 amide bonds. The molecule has 0 spiro atoms. The van der Waals surface area contributed by atoms with Crippen LogP contribution < -0.4 is 11.4 Å². The van der Waals surface area contributed by atoms with E-state index in [-0.39, 0.29) is 18.5 Å². The molecule has 1 aromatic carbocycles. The number of hydrogen-bond acceptors (Lipinski definition) is 4. The second kappa shape index (κ2) is 7.14. The highest BCUT2D eigenvalue weighted by Gasteiger charge is 2.29. The number of carbonyl (C=O) groups excluding carboxylic acids is 2. The third kappa shape index (κ3) is 3.81. The van der Waals surface area contributed by atoms with Crippen LogP contribution in [0, 0.1) is 0 Å². The molecule has 0 aliphatic carbocycles. The van der Waals surface area contributed by atoms with Crippen LogP contribution in [0.4, 0.5) is 0 Å². The van der Waals surface area contributed by atoms with Crippen LogP contribution in [0.2, 0.25) is 0 Å². The maximum absolute atomic E-state index is 13.0. The lowest BCUT2D eigenvalue weighted by Crippen LogP contribution is -2.35. The molecule has 146 valence electrons. The number of benzene rings is 1. The molecule has 27 heavy (non-hydrogen) atoms. The van der Waals surface area contributed by atoms with Gasteiger partial charge in [0.1, 0.15) is 11.6 Å². The van der Waals surface area contributed by atoms with Gasteiger partial charge in [-0.1, -0.05) is 15.9 Å². The standard InChI is InChI=1S/C19H24BrN3O4/c1-19(2,3)27-15(24)9-8-14(17(21)25)23-13-7-6-12(20)11-5-4-10-22(16(11)13)18(23)26/h6-7,14H,4-5,8-10H2,1-3H3,(H2,21,25)/t14-/m1/s1. The zero-order valence-corrected chi connectivity index (χ0v) is 17.3. The van der Waals surface area contributed by atoms with Gasteiger partial charge in [-0.2, -0.15) is 0 Å². The molecule has 2 heterocycles. The monoisotopic (exact) mass is 437 g/mol. The van der Waals surface area contributed by atoms with Crippen molar-refractivity contribution in [1.29, 1.82) is 0 Å². The lowest BCUT2D eigenvalue weighted by Gasteiger charge is -2.20. The second-order valence-electron chi connectivity index (χ2n) is 7.84. The van der Waals surface area contributed by atoms with Gasteiger partial charge in [-0.25, -0.2) is 4.79 Å². The predicted molar refractivity (Wildman–Crippen MR) is 106 cm³/mol. The first-order chi connectivity index (χ1) is 12.6. The lowest BCUT2D eigenvalue weighted by molar-refractivity contribution is -0.155. The quantitative estimate of drug-likeness (QED) is 0.726. The number of ether oxygens (including phenoxy) is 1. The summed E-state index contributed by atoms with van der Waals surface area (Å²) < 4.78 is 9.38. The summed E-state index contributed by atoms with van der Waals surface area (Å²) in [6.45, 7) is 5.94. The highest BCUT2D eigenvalue weighted by atomic mass is 79.9. The van der Waals surface area contributed by atoms with Crippen LogP contribution >= 0.6 is 15.9 Å². The maximum Gasteiger partial charge on any atom is 0.329 e. The Kier molecular flexibility index (Phi) is 5.20. The summed E-state index contributed by atoms with van der Waals surface area (Å²) in [5, 5.41) is 0. The molecule has 1 aromatic heterocycles. The number of aryl methyl sites for hydroxylation is 2. The highest BCUT2D eigenvalue weighted by molar-refractivity contribution is 9.10. The molecule has 0 saturated carbocycles. The van der Waals surface area contributed by atoms with Gasteiger partial charge in [0.05, 0.1) is 11.0 Å². The minimum atomic E-state index is -0.902. The van der Waals surface area contributed by atoms with E-state index in [0.717, 1.165) is 28.4 Å². The minimum absolute atomic E-state index is 0.00732. The van der Waals surface area contributed by atoms with E-state index < -0.39 is 23.5 Å². The molecule has 0 fully saturated rings. The number of esters is 1. The largest absolute Gasteiger partial charge is 0.460 e. The SMILES string of the molecule is CC(C)(C)OC(=O)CC[C@H](C(N)=O)n1c(=O)n2c3c(c(Br)ccc31)CCC2. The van der Waals surface area contributed by atoms with Crippen LogP contribution in [-0.4, -0.2) is 26.6 Å². The van der Waals surface area contributed by atoms with Gasteiger partial charge in [-0.3, -0.25) is 18.7 Å². The fourth-order valence-corrected chi connectivity index (χ4v) is 4.15. The Labute approximate surface area is 165 Å². The van der Waals surface area contributed by atoms with Crippen molar-refractivity contribution in [1.82, 2.24) is 9.13 Å². The molecular formula is C19H24BrN3O4. The number of primary amides is 1. The lowest BCUT2D eigenvalue weighted by atomic mass is 10.0. The molecule has 1 aliphatic rings. The van der Waals surface area contributed by atoms with Crippen molar-refractivity contribution in [2.24, 2.45) is 5.73 Å². The van der Waals surface area contributed by atoms with Gasteiger partial charge in [-0.15, -0.1) is 0 Å². The molecular weight excluding hydrogens is 414 g/mol. The van der Waals surface area contributed by atoms with E-state index in [1.54, 1.807) is 25.3 Å². The molecule has 0 radical (unpaired) electrons. The number of nitrogens with zero attached hydrogens (tertiary/aromatic N) is 2. The van der Waals surface area contributed by atoms with Crippen LogP contribution in [0.1, 0.15) is 51.6 Å². The van der Waals surface area contributed by atoms with Gasteiger partial charge in [0, 0.05) is 17.4 Å². The zero-order chi connectivity index (χ0) is 19.9. The molecule has 0 unspecified atom stereocenters. The third-order valence-corrected chi connectivity index (χ3v) is 5.40. The summed E-state index contributed by atoms with van der Waals surface area (Å²) in [5.41, 5.74) is 7.30. The van der Waals surface area contributed by atoms with Crippen molar-refractivity contribution in [3.63, 3.8) is 0 Å². The van der Waals surface area contributed by atoms with E-state index in [2.05, 4.69) is 15.9 Å². The van der Waals surface area contributed by atoms with Crippen molar-refractivity contribution in [3.8, 4) is 0 Å². The smallest absolute Gasteiger partial charge is 0.329 e. The van der Waals surface area contributed by atoms with E-state index in [0.29, 0.717) is 12.1 Å². The van der Waals surface area contributed by atoms with E-state index in [9.17, 15) is 14.4 Å². The summed E-state index contributed by atoms with van der Waals surface area (Å²) in [4.78, 5) is 37.2. The topological polar surface area (TPSA) is 96.3 Å². The van der Waals surface area contributed by atoms with Crippen molar-refractivity contribution in [3.05, 3.63) is 32.7 Å². The Hall–Kier alpha value is -2.09. The number of imidazole rings is 1. The van der Waals surface area contributed by atoms with Gasteiger partial charge in [0.25, 0.3) is 0 Å². The van der Waals surface area contributed by atoms with Gasteiger partial charge in [0.2, 0.25) is 5.91 Å². The first kappa shape index (κ1) is 19.7. The number of aromatic nitrogens is 2. The first-order valence-electron chi connectivity index (χ1n) is 9.03. The predicted octanol–water partition coefficient (Wildman–Crippen LogP) is 2.66. The summed E-state index contributed by atoms with van der Waals surface area (Å²) in [7, 11) is 0. The normalized spacial score (nSPS) is 15.0. The Bertz CT molecular complexity index is 968. The Morgan fingerprint density at radius 3 is 2.67 bits per heavy atom. The summed E-state index contributed by atoms with van der Waals surface area (Å²) in [6.07, 6.45) is 1.84. The van der Waals surface area contributed by atoms with Crippen molar-refractivity contribution in [2.45, 2.75) is 64.6 Å². The maximum atomic E-state index is 13.0. The number of rotatable bonds is 5. The van der Waals surface area contributed by atoms with Crippen molar-refractivity contribution in [2.75, 3.05) is 0 Å². The fourth-order valence-electron chi connectivity index (χ4n) is 3.63. The van der Waals surface area contributed by atoms with Crippen molar-refractivity contribution < 1.29 is 14.3 Å². The van der Waals surface area contributed by atoms with Gasteiger partial charge < -0.3 is 10.5 Å². The molecule has 0 bridgehead atoms. The van der Waals surface area contributed by atoms with Gasteiger partial charge >= 0.3 is 11.7 Å². The Balaban J connectivity index is 2.00. The molecule has 3 rings (SSSR count). The molecule has 2 aromatic rings. The minimum Gasteiger partial charge on any atom is -0.460 e. The molecule has 7 nitrogen and oxygen atoms in total. The number of carbonyl (C=O) groups is 2. The number of hydrogen-bond donors (Lipinski definition) is 1. The van der Waals surface area contributed by atoms with E-state index in [1.807, 2.05) is 12.1 Å². The first-order valence-corrected chi connectivity index (χ1v) is 9.82. The molecule has 8 heteroatoms. The average Bonchev–Trinajstić information content (AvgIpc) is 2.84. The molecule has 2 N–H and O–H groups in total. The number of halogens is 1. The third-order valence-electron chi connectivity index (χ3n) is 4.66. The molecule has 1 atom stereocenters. The molecule has 0 saturated heterocycles.